The number of nitriles is 1. The van der Waals surface area contributed by atoms with E-state index in [2.05, 4.69) is 4.98 Å². The van der Waals surface area contributed by atoms with E-state index in [0.29, 0.717) is 5.69 Å². The van der Waals surface area contributed by atoms with Crippen molar-refractivity contribution in [3.8, 4) is 28.1 Å². The van der Waals surface area contributed by atoms with Crippen LogP contribution in [0, 0.1) is 18.3 Å². The van der Waals surface area contributed by atoms with Crippen molar-refractivity contribution in [2.45, 2.75) is 6.92 Å². The lowest BCUT2D eigenvalue weighted by atomic mass is 10.1. The molecule has 0 atom stereocenters. The summed E-state index contributed by atoms with van der Waals surface area (Å²) < 4.78 is 10.6. The maximum absolute atomic E-state index is 8.81. The molecule has 2 rings (SSSR count). The SMILES string of the molecule is COc1cc(-c2nc(C#N)cs2)c(OC)cc1C. The van der Waals surface area contributed by atoms with Crippen LogP contribution in [0.4, 0.5) is 0 Å². The van der Waals surface area contributed by atoms with Crippen LogP contribution < -0.4 is 9.47 Å². The number of nitrogens with zero attached hydrogens (tertiary/aromatic N) is 2. The predicted molar refractivity (Wildman–Crippen MR) is 70.1 cm³/mol. The molecular formula is C13H12N2O2S. The van der Waals surface area contributed by atoms with Crippen molar-refractivity contribution in [1.29, 1.82) is 5.26 Å². The van der Waals surface area contributed by atoms with E-state index in [0.717, 1.165) is 27.6 Å². The summed E-state index contributed by atoms with van der Waals surface area (Å²) in [6, 6.07) is 5.81. The van der Waals surface area contributed by atoms with E-state index < -0.39 is 0 Å². The fraction of sp³-hybridized carbons (Fsp3) is 0.231. The standard InChI is InChI=1S/C13H12N2O2S/c1-8-4-12(17-3)10(5-11(8)16-2)13-15-9(6-14)7-18-13/h4-5,7H,1-3H3. The van der Waals surface area contributed by atoms with Crippen LogP contribution in [0.15, 0.2) is 17.5 Å². The zero-order valence-electron chi connectivity index (χ0n) is 10.4. The number of benzene rings is 1. The maximum atomic E-state index is 8.81. The summed E-state index contributed by atoms with van der Waals surface area (Å²) in [6.07, 6.45) is 0. The Hall–Kier alpha value is -2.06. The van der Waals surface area contributed by atoms with Gasteiger partial charge < -0.3 is 9.47 Å². The first-order chi connectivity index (χ1) is 8.69. The highest BCUT2D eigenvalue weighted by atomic mass is 32.1. The molecule has 0 saturated heterocycles. The normalized spacial score (nSPS) is 9.89. The lowest BCUT2D eigenvalue weighted by Crippen LogP contribution is -1.93. The summed E-state index contributed by atoms with van der Waals surface area (Å²) in [6.45, 7) is 1.95. The molecule has 0 radical (unpaired) electrons. The molecule has 92 valence electrons. The lowest BCUT2D eigenvalue weighted by molar-refractivity contribution is 0.402. The Kier molecular flexibility index (Phi) is 3.49. The van der Waals surface area contributed by atoms with Crippen LogP contribution in [-0.2, 0) is 0 Å². The molecule has 5 heteroatoms. The van der Waals surface area contributed by atoms with Gasteiger partial charge in [0.25, 0.3) is 0 Å². The van der Waals surface area contributed by atoms with Gasteiger partial charge in [-0.05, 0) is 24.6 Å². The molecule has 0 saturated carbocycles. The Bertz CT molecular complexity index is 614. The minimum absolute atomic E-state index is 0.414. The number of ether oxygens (including phenoxy) is 2. The molecule has 18 heavy (non-hydrogen) atoms. The highest BCUT2D eigenvalue weighted by Crippen LogP contribution is 2.37. The van der Waals surface area contributed by atoms with Crippen molar-refractivity contribution in [1.82, 2.24) is 4.98 Å². The van der Waals surface area contributed by atoms with Gasteiger partial charge in [-0.15, -0.1) is 11.3 Å². The largest absolute Gasteiger partial charge is 0.496 e. The third kappa shape index (κ3) is 2.15. The second-order valence-electron chi connectivity index (χ2n) is 3.67. The maximum Gasteiger partial charge on any atom is 0.152 e. The summed E-state index contributed by atoms with van der Waals surface area (Å²) in [5.41, 5.74) is 2.25. The zero-order chi connectivity index (χ0) is 13.1. The van der Waals surface area contributed by atoms with Crippen LogP contribution in [0.3, 0.4) is 0 Å². The highest BCUT2D eigenvalue weighted by Gasteiger charge is 2.13. The van der Waals surface area contributed by atoms with E-state index >= 15 is 0 Å². The molecule has 0 aliphatic rings. The topological polar surface area (TPSA) is 55.1 Å². The van der Waals surface area contributed by atoms with E-state index in [4.69, 9.17) is 14.7 Å². The van der Waals surface area contributed by atoms with Crippen LogP contribution in [0.1, 0.15) is 11.3 Å². The third-order valence-corrected chi connectivity index (χ3v) is 3.44. The van der Waals surface area contributed by atoms with Crippen molar-refractivity contribution in [3.63, 3.8) is 0 Å². The second-order valence-corrected chi connectivity index (χ2v) is 4.53. The molecule has 0 amide bonds. The summed E-state index contributed by atoms with van der Waals surface area (Å²) in [5, 5.41) is 11.3. The van der Waals surface area contributed by atoms with Gasteiger partial charge in [-0.3, -0.25) is 0 Å². The molecule has 0 N–H and O–H groups in total. The van der Waals surface area contributed by atoms with Gasteiger partial charge in [0.1, 0.15) is 22.6 Å². The van der Waals surface area contributed by atoms with E-state index in [9.17, 15) is 0 Å². The average molecular weight is 260 g/mol. The molecular weight excluding hydrogens is 248 g/mol. The third-order valence-electron chi connectivity index (χ3n) is 2.57. The lowest BCUT2D eigenvalue weighted by Gasteiger charge is -2.11. The monoisotopic (exact) mass is 260 g/mol. The van der Waals surface area contributed by atoms with Crippen molar-refractivity contribution >= 4 is 11.3 Å². The van der Waals surface area contributed by atoms with E-state index in [1.165, 1.54) is 11.3 Å². The van der Waals surface area contributed by atoms with Crippen LogP contribution in [0.5, 0.6) is 11.5 Å². The van der Waals surface area contributed by atoms with Gasteiger partial charge in [-0.1, -0.05) is 0 Å². The van der Waals surface area contributed by atoms with Crippen molar-refractivity contribution in [3.05, 3.63) is 28.8 Å². The number of aryl methyl sites for hydroxylation is 1. The molecule has 0 aliphatic carbocycles. The summed E-state index contributed by atoms with van der Waals surface area (Å²) in [5.74, 6) is 1.51. The second kappa shape index (κ2) is 5.07. The molecule has 1 aromatic carbocycles. The van der Waals surface area contributed by atoms with Crippen molar-refractivity contribution < 1.29 is 9.47 Å². The van der Waals surface area contributed by atoms with Crippen molar-refractivity contribution in [2.24, 2.45) is 0 Å². The summed E-state index contributed by atoms with van der Waals surface area (Å²) in [7, 11) is 3.24. The van der Waals surface area contributed by atoms with Gasteiger partial charge in [0.2, 0.25) is 0 Å². The van der Waals surface area contributed by atoms with Crippen molar-refractivity contribution in [2.75, 3.05) is 14.2 Å². The number of methoxy groups -OCH3 is 2. The number of hydrogen-bond donors (Lipinski definition) is 0. The highest BCUT2D eigenvalue weighted by molar-refractivity contribution is 7.13. The molecule has 0 fully saturated rings. The molecule has 0 aliphatic heterocycles. The van der Waals surface area contributed by atoms with Crippen LogP contribution in [0.25, 0.3) is 10.6 Å². The first kappa shape index (κ1) is 12.4. The van der Waals surface area contributed by atoms with E-state index in [1.54, 1.807) is 19.6 Å². The number of hydrogen-bond acceptors (Lipinski definition) is 5. The van der Waals surface area contributed by atoms with E-state index in [-0.39, 0.29) is 0 Å². The molecule has 0 unspecified atom stereocenters. The minimum atomic E-state index is 0.414. The molecule has 1 heterocycles. The molecule has 4 nitrogen and oxygen atoms in total. The van der Waals surface area contributed by atoms with Crippen LogP contribution in [0.2, 0.25) is 0 Å². The predicted octanol–water partition coefficient (Wildman–Crippen LogP) is 3.01. The van der Waals surface area contributed by atoms with E-state index in [1.807, 2.05) is 25.1 Å². The first-order valence-corrected chi connectivity index (χ1v) is 6.16. The molecule has 1 aromatic heterocycles. The van der Waals surface area contributed by atoms with Gasteiger partial charge in [0.05, 0.1) is 19.8 Å². The van der Waals surface area contributed by atoms with Gasteiger partial charge in [0, 0.05) is 5.38 Å². The summed E-state index contributed by atoms with van der Waals surface area (Å²) in [4.78, 5) is 4.23. The molecule has 0 spiro atoms. The van der Waals surface area contributed by atoms with Crippen LogP contribution >= 0.6 is 11.3 Å². The number of rotatable bonds is 3. The Balaban J connectivity index is 2.58. The number of thiazole rings is 1. The molecule has 0 bridgehead atoms. The van der Waals surface area contributed by atoms with Crippen LogP contribution in [-0.4, -0.2) is 19.2 Å². The first-order valence-electron chi connectivity index (χ1n) is 5.28. The average Bonchev–Trinajstić information content (AvgIpc) is 2.87. The van der Waals surface area contributed by atoms with Gasteiger partial charge in [-0.2, -0.15) is 5.26 Å². The fourth-order valence-electron chi connectivity index (χ4n) is 1.67. The quantitative estimate of drug-likeness (QED) is 0.851. The zero-order valence-corrected chi connectivity index (χ0v) is 11.2. The smallest absolute Gasteiger partial charge is 0.152 e. The minimum Gasteiger partial charge on any atom is -0.496 e. The molecule has 2 aromatic rings. The number of aromatic nitrogens is 1. The van der Waals surface area contributed by atoms with Gasteiger partial charge in [-0.25, -0.2) is 4.98 Å². The Morgan fingerprint density at radius 1 is 1.22 bits per heavy atom. The fourth-order valence-corrected chi connectivity index (χ4v) is 2.43. The van der Waals surface area contributed by atoms with Gasteiger partial charge >= 0.3 is 0 Å². The summed E-state index contributed by atoms with van der Waals surface area (Å²) >= 11 is 1.41. The Morgan fingerprint density at radius 2 is 1.94 bits per heavy atom. The Labute approximate surface area is 109 Å². The Morgan fingerprint density at radius 3 is 2.50 bits per heavy atom. The van der Waals surface area contributed by atoms with Gasteiger partial charge in [0.15, 0.2) is 5.69 Å².